The molecule has 5 heteroatoms. The minimum Gasteiger partial charge on any atom is -0.369 e. The average Bonchev–Trinajstić information content (AvgIpc) is 2.43. The highest BCUT2D eigenvalue weighted by atomic mass is 79.9. The molecule has 1 rings (SSSR count). The van der Waals surface area contributed by atoms with Gasteiger partial charge in [0.1, 0.15) is 5.82 Å². The van der Waals surface area contributed by atoms with Crippen LogP contribution in [0.25, 0.3) is 0 Å². The van der Waals surface area contributed by atoms with E-state index in [2.05, 4.69) is 40.1 Å². The van der Waals surface area contributed by atoms with Gasteiger partial charge in [-0.1, -0.05) is 13.8 Å². The van der Waals surface area contributed by atoms with Crippen LogP contribution in [0.1, 0.15) is 44.0 Å². The summed E-state index contributed by atoms with van der Waals surface area (Å²) >= 11 is 3.37. The third-order valence-corrected chi connectivity index (χ3v) is 3.63. The summed E-state index contributed by atoms with van der Waals surface area (Å²) in [7, 11) is 1.83. The van der Waals surface area contributed by atoms with Crippen LogP contribution in [0.5, 0.6) is 0 Å². The molecule has 0 radical (unpaired) electrons. The zero-order valence-electron chi connectivity index (χ0n) is 12.0. The summed E-state index contributed by atoms with van der Waals surface area (Å²) in [6, 6.07) is 2.04. The Balaban J connectivity index is 3.02. The van der Waals surface area contributed by atoms with E-state index in [0.717, 1.165) is 23.9 Å². The van der Waals surface area contributed by atoms with Crippen LogP contribution < -0.4 is 5.32 Å². The topological polar surface area (TPSA) is 45.2 Å². The second-order valence-electron chi connectivity index (χ2n) is 4.65. The van der Waals surface area contributed by atoms with Crippen molar-refractivity contribution in [3.8, 4) is 0 Å². The molecule has 0 aliphatic heterocycles. The third kappa shape index (κ3) is 4.20. The fraction of sp³-hybridized carbons (Fsp3) is 0.571. The number of rotatable bonds is 6. The van der Waals surface area contributed by atoms with Gasteiger partial charge >= 0.3 is 0 Å². The molecule has 0 saturated heterocycles. The minimum atomic E-state index is 0.00162. The first-order valence-corrected chi connectivity index (χ1v) is 7.47. The lowest BCUT2D eigenvalue weighted by molar-refractivity contribution is 0.0741. The average molecular weight is 328 g/mol. The van der Waals surface area contributed by atoms with E-state index in [9.17, 15) is 4.79 Å². The molecule has 19 heavy (non-hydrogen) atoms. The Morgan fingerprint density at radius 2 is 2.21 bits per heavy atom. The summed E-state index contributed by atoms with van der Waals surface area (Å²) in [6.45, 7) is 7.01. The normalized spacial score (nSPS) is 12.1. The van der Waals surface area contributed by atoms with Gasteiger partial charge in [-0.25, -0.2) is 4.98 Å². The van der Waals surface area contributed by atoms with Gasteiger partial charge in [-0.3, -0.25) is 4.79 Å². The Hall–Kier alpha value is -1.10. The molecule has 0 fully saturated rings. The molecule has 0 aliphatic carbocycles. The molecule has 0 saturated carbocycles. The Labute approximate surface area is 123 Å². The van der Waals surface area contributed by atoms with Crippen molar-refractivity contribution < 1.29 is 4.79 Å². The van der Waals surface area contributed by atoms with Crippen LogP contribution in [0.4, 0.5) is 5.82 Å². The number of nitrogens with zero attached hydrogens (tertiary/aromatic N) is 2. The summed E-state index contributed by atoms with van der Waals surface area (Å²) in [6.07, 6.45) is 3.63. The lowest BCUT2D eigenvalue weighted by atomic mass is 10.1. The highest BCUT2D eigenvalue weighted by Gasteiger charge is 2.20. The molecule has 106 valence electrons. The van der Waals surface area contributed by atoms with E-state index in [1.807, 2.05) is 20.0 Å². The number of carbonyl (C=O) groups is 1. The van der Waals surface area contributed by atoms with Gasteiger partial charge < -0.3 is 10.2 Å². The van der Waals surface area contributed by atoms with Gasteiger partial charge in [0.2, 0.25) is 0 Å². The molecule has 4 nitrogen and oxygen atoms in total. The summed E-state index contributed by atoms with van der Waals surface area (Å²) < 4.78 is 0.815. The summed E-state index contributed by atoms with van der Waals surface area (Å²) in [5, 5.41) is 3.20. The van der Waals surface area contributed by atoms with Crippen LogP contribution in [0.15, 0.2) is 16.7 Å². The van der Waals surface area contributed by atoms with Crippen LogP contribution in [0.3, 0.4) is 0 Å². The predicted molar refractivity (Wildman–Crippen MR) is 82.6 cm³/mol. The Morgan fingerprint density at radius 1 is 1.53 bits per heavy atom. The van der Waals surface area contributed by atoms with Crippen molar-refractivity contribution in [3.63, 3.8) is 0 Å². The van der Waals surface area contributed by atoms with Gasteiger partial charge in [0.05, 0.1) is 5.56 Å². The highest BCUT2D eigenvalue weighted by molar-refractivity contribution is 9.10. The van der Waals surface area contributed by atoms with E-state index in [-0.39, 0.29) is 11.9 Å². The maximum atomic E-state index is 12.5. The summed E-state index contributed by atoms with van der Waals surface area (Å²) in [4.78, 5) is 18.6. The van der Waals surface area contributed by atoms with Gasteiger partial charge in [0.25, 0.3) is 5.91 Å². The molecule has 1 aromatic rings. The molecule has 0 aliphatic rings. The summed E-state index contributed by atoms with van der Waals surface area (Å²) in [5.74, 6) is 0.659. The van der Waals surface area contributed by atoms with Crippen molar-refractivity contribution in [2.24, 2.45) is 0 Å². The van der Waals surface area contributed by atoms with Crippen molar-refractivity contribution in [1.82, 2.24) is 9.88 Å². The molecule has 1 atom stereocenters. The first-order chi connectivity index (χ1) is 9.01. The largest absolute Gasteiger partial charge is 0.369 e. The number of aromatic nitrogens is 1. The second kappa shape index (κ2) is 7.48. The smallest absolute Gasteiger partial charge is 0.257 e. The SMILES string of the molecule is CCCNc1ncc(Br)cc1C(=O)N(C)C(C)CC. The number of pyridine rings is 1. The van der Waals surface area contributed by atoms with E-state index < -0.39 is 0 Å². The standard InChI is InChI=1S/C14H22BrN3O/c1-5-7-16-13-12(8-11(15)9-17-13)14(19)18(4)10(3)6-2/h8-10H,5-7H2,1-4H3,(H,16,17). The molecular formula is C14H22BrN3O. The van der Waals surface area contributed by atoms with Gasteiger partial charge in [0.15, 0.2) is 0 Å². The number of anilines is 1. The number of amides is 1. The summed E-state index contributed by atoms with van der Waals surface area (Å²) in [5.41, 5.74) is 0.616. The minimum absolute atomic E-state index is 0.00162. The maximum absolute atomic E-state index is 12.5. The van der Waals surface area contributed by atoms with E-state index in [0.29, 0.717) is 11.4 Å². The van der Waals surface area contributed by atoms with E-state index in [1.165, 1.54) is 0 Å². The molecule has 0 spiro atoms. The van der Waals surface area contributed by atoms with Crippen molar-refractivity contribution in [3.05, 3.63) is 22.3 Å². The van der Waals surface area contributed by atoms with Crippen molar-refractivity contribution >= 4 is 27.7 Å². The van der Waals surface area contributed by atoms with Gasteiger partial charge in [-0.15, -0.1) is 0 Å². The third-order valence-electron chi connectivity index (χ3n) is 3.20. The molecule has 1 unspecified atom stereocenters. The van der Waals surface area contributed by atoms with Crippen LogP contribution >= 0.6 is 15.9 Å². The number of nitrogens with one attached hydrogen (secondary N) is 1. The fourth-order valence-corrected chi connectivity index (χ4v) is 1.98. The first kappa shape index (κ1) is 16.0. The monoisotopic (exact) mass is 327 g/mol. The number of hydrogen-bond acceptors (Lipinski definition) is 3. The van der Waals surface area contributed by atoms with Crippen molar-refractivity contribution in [2.75, 3.05) is 18.9 Å². The number of hydrogen-bond donors (Lipinski definition) is 1. The number of halogens is 1. The lowest BCUT2D eigenvalue weighted by Gasteiger charge is -2.24. The van der Waals surface area contributed by atoms with Crippen molar-refractivity contribution in [1.29, 1.82) is 0 Å². The quantitative estimate of drug-likeness (QED) is 0.869. The molecule has 1 heterocycles. The molecule has 1 N–H and O–H groups in total. The second-order valence-corrected chi connectivity index (χ2v) is 5.57. The van der Waals surface area contributed by atoms with Crippen LogP contribution in [-0.4, -0.2) is 35.4 Å². The van der Waals surface area contributed by atoms with Gasteiger partial charge in [-0.05, 0) is 41.8 Å². The van der Waals surface area contributed by atoms with Crippen molar-refractivity contribution in [2.45, 2.75) is 39.7 Å². The fourth-order valence-electron chi connectivity index (χ4n) is 1.65. The maximum Gasteiger partial charge on any atom is 0.257 e. The Kier molecular flexibility index (Phi) is 6.28. The zero-order valence-corrected chi connectivity index (χ0v) is 13.6. The molecule has 1 amide bonds. The zero-order chi connectivity index (χ0) is 14.4. The molecule has 0 bridgehead atoms. The van der Waals surface area contributed by atoms with E-state index in [4.69, 9.17) is 0 Å². The Morgan fingerprint density at radius 3 is 2.79 bits per heavy atom. The number of carbonyl (C=O) groups excluding carboxylic acids is 1. The molecule has 1 aromatic heterocycles. The van der Waals surface area contributed by atoms with Crippen LogP contribution in [-0.2, 0) is 0 Å². The predicted octanol–water partition coefficient (Wildman–Crippen LogP) is 3.54. The molecule has 0 aromatic carbocycles. The van der Waals surface area contributed by atoms with E-state index in [1.54, 1.807) is 11.1 Å². The first-order valence-electron chi connectivity index (χ1n) is 6.67. The molecular weight excluding hydrogens is 306 g/mol. The van der Waals surface area contributed by atoms with E-state index >= 15 is 0 Å². The lowest BCUT2D eigenvalue weighted by Crippen LogP contribution is -2.35. The van der Waals surface area contributed by atoms with Crippen LogP contribution in [0, 0.1) is 0 Å². The van der Waals surface area contributed by atoms with Crippen LogP contribution in [0.2, 0.25) is 0 Å². The van der Waals surface area contributed by atoms with Gasteiger partial charge in [-0.2, -0.15) is 0 Å². The van der Waals surface area contributed by atoms with Gasteiger partial charge in [0, 0.05) is 30.3 Å². The highest BCUT2D eigenvalue weighted by Crippen LogP contribution is 2.20. The Bertz CT molecular complexity index is 437.